The number of rotatable bonds is 3. The molecule has 7 nitrogen and oxygen atoms in total. The van der Waals surface area contributed by atoms with Gasteiger partial charge in [0.05, 0.1) is 30.9 Å². The van der Waals surface area contributed by atoms with Gasteiger partial charge in [-0.2, -0.15) is 5.10 Å². The number of ether oxygens (including phenoxy) is 1. The lowest BCUT2D eigenvalue weighted by atomic mass is 10.0. The molecule has 3 aliphatic heterocycles. The summed E-state index contributed by atoms with van der Waals surface area (Å²) < 4.78 is 32.3. The first kappa shape index (κ1) is 17.6. The second-order valence-electron chi connectivity index (χ2n) is 6.66. The number of halogens is 2. The quantitative estimate of drug-likeness (QED) is 0.881. The molecule has 9 heteroatoms. The lowest BCUT2D eigenvalue weighted by Crippen LogP contribution is -2.64. The van der Waals surface area contributed by atoms with E-state index in [9.17, 15) is 13.6 Å². The maximum Gasteiger partial charge on any atom is 0.341 e. The molecule has 4 atom stereocenters. The minimum Gasteiger partial charge on any atom is -0.360 e. The van der Waals surface area contributed by atoms with Gasteiger partial charge in [-0.05, 0) is 30.7 Å². The van der Waals surface area contributed by atoms with Crippen LogP contribution in [-0.4, -0.2) is 52.1 Å². The standard InChI is InChI=1S/C18H19F2N5O2/c1-11-16(27-17-3-2-13(19)9-22-17)10-24(11)18(26)25-15(4-5-23-25)12-6-14(20)8-21-7-12/h2-3,5-9,11,15-17,22H,4,10H2,1H3/t11-,15+,16+,17?/m1/s1. The van der Waals surface area contributed by atoms with Crippen LogP contribution in [0.1, 0.15) is 24.9 Å². The molecule has 142 valence electrons. The van der Waals surface area contributed by atoms with Crippen LogP contribution in [0.15, 0.2) is 47.7 Å². The molecule has 0 bridgehead atoms. The van der Waals surface area contributed by atoms with E-state index in [4.69, 9.17) is 4.74 Å². The smallest absolute Gasteiger partial charge is 0.341 e. The van der Waals surface area contributed by atoms with Crippen molar-refractivity contribution in [3.63, 3.8) is 0 Å². The van der Waals surface area contributed by atoms with Gasteiger partial charge in [0.1, 0.15) is 17.9 Å². The highest BCUT2D eigenvalue weighted by molar-refractivity contribution is 5.79. The average molecular weight is 375 g/mol. The molecule has 0 saturated carbocycles. The Balaban J connectivity index is 1.37. The first-order chi connectivity index (χ1) is 13.0. The van der Waals surface area contributed by atoms with Crippen LogP contribution < -0.4 is 5.32 Å². The van der Waals surface area contributed by atoms with Crippen LogP contribution in [0, 0.1) is 5.82 Å². The van der Waals surface area contributed by atoms with E-state index in [1.54, 1.807) is 23.4 Å². The van der Waals surface area contributed by atoms with Gasteiger partial charge in [0, 0.05) is 25.0 Å². The van der Waals surface area contributed by atoms with E-state index in [1.165, 1.54) is 23.4 Å². The Morgan fingerprint density at radius 1 is 1.37 bits per heavy atom. The molecular formula is C18H19F2N5O2. The van der Waals surface area contributed by atoms with Crippen molar-refractivity contribution >= 4 is 12.2 Å². The summed E-state index contributed by atoms with van der Waals surface area (Å²) in [6.07, 6.45) is 8.39. The number of nitrogens with zero attached hydrogens (tertiary/aromatic N) is 4. The fourth-order valence-corrected chi connectivity index (χ4v) is 3.32. The first-order valence-electron chi connectivity index (χ1n) is 8.71. The minimum atomic E-state index is -0.448. The lowest BCUT2D eigenvalue weighted by Gasteiger charge is -2.47. The molecule has 1 fully saturated rings. The third-order valence-corrected chi connectivity index (χ3v) is 4.93. The van der Waals surface area contributed by atoms with Gasteiger partial charge in [0.15, 0.2) is 0 Å². The molecule has 0 aliphatic carbocycles. The number of amides is 2. The minimum absolute atomic E-state index is 0.162. The zero-order chi connectivity index (χ0) is 19.0. The number of hydrazone groups is 1. The molecule has 1 unspecified atom stereocenters. The summed E-state index contributed by atoms with van der Waals surface area (Å²) >= 11 is 0. The number of nitrogens with one attached hydrogen (secondary N) is 1. The van der Waals surface area contributed by atoms with E-state index in [2.05, 4.69) is 15.4 Å². The zero-order valence-corrected chi connectivity index (χ0v) is 14.6. The second-order valence-corrected chi connectivity index (χ2v) is 6.66. The predicted molar refractivity (Wildman–Crippen MR) is 93.6 cm³/mol. The van der Waals surface area contributed by atoms with Crippen molar-refractivity contribution in [2.24, 2.45) is 5.10 Å². The SMILES string of the molecule is C[C@@H]1[C@@H](OC2C=CC(F)=CN2)CN1C(=O)N1N=CC[C@H]1c1cncc(F)c1. The van der Waals surface area contributed by atoms with Crippen LogP contribution in [-0.2, 0) is 4.74 Å². The number of allylic oxidation sites excluding steroid dienone is 2. The molecule has 3 aliphatic rings. The fraction of sp³-hybridized carbons (Fsp3) is 0.389. The first-order valence-corrected chi connectivity index (χ1v) is 8.71. The summed E-state index contributed by atoms with van der Waals surface area (Å²) in [5, 5.41) is 8.32. The van der Waals surface area contributed by atoms with Gasteiger partial charge in [-0.15, -0.1) is 0 Å². The molecule has 0 aromatic carbocycles. The van der Waals surface area contributed by atoms with Crippen molar-refractivity contribution in [2.45, 2.75) is 37.8 Å². The number of urea groups is 1. The van der Waals surface area contributed by atoms with Crippen molar-refractivity contribution in [2.75, 3.05) is 6.54 Å². The van der Waals surface area contributed by atoms with E-state index in [-0.39, 0.29) is 30.0 Å². The highest BCUT2D eigenvalue weighted by Gasteiger charge is 2.44. The van der Waals surface area contributed by atoms with Gasteiger partial charge in [0.25, 0.3) is 0 Å². The third kappa shape index (κ3) is 3.42. The summed E-state index contributed by atoms with van der Waals surface area (Å²) in [6.45, 7) is 2.28. The average Bonchev–Trinajstić information content (AvgIpc) is 3.15. The summed E-state index contributed by atoms with van der Waals surface area (Å²) in [5.41, 5.74) is 0.604. The van der Waals surface area contributed by atoms with Crippen molar-refractivity contribution in [1.29, 1.82) is 0 Å². The Hall–Kier alpha value is -2.81. The Labute approximate surface area is 155 Å². The van der Waals surface area contributed by atoms with Gasteiger partial charge < -0.3 is 15.0 Å². The van der Waals surface area contributed by atoms with E-state index in [0.29, 0.717) is 18.5 Å². The molecule has 1 aromatic heterocycles. The number of pyridine rings is 1. The van der Waals surface area contributed by atoms with Crippen LogP contribution in [0.2, 0.25) is 0 Å². The largest absolute Gasteiger partial charge is 0.360 e. The number of hydrogen-bond acceptors (Lipinski definition) is 5. The summed E-state index contributed by atoms with van der Waals surface area (Å²) in [4.78, 5) is 18.4. The Morgan fingerprint density at radius 3 is 2.93 bits per heavy atom. The predicted octanol–water partition coefficient (Wildman–Crippen LogP) is 2.46. The molecule has 1 saturated heterocycles. The topological polar surface area (TPSA) is 70.1 Å². The molecule has 4 heterocycles. The Morgan fingerprint density at radius 2 is 2.22 bits per heavy atom. The van der Waals surface area contributed by atoms with Gasteiger partial charge in [-0.3, -0.25) is 4.98 Å². The van der Waals surface area contributed by atoms with Gasteiger partial charge in [-0.1, -0.05) is 0 Å². The molecule has 1 N–H and O–H groups in total. The molecule has 1 aromatic rings. The van der Waals surface area contributed by atoms with Crippen LogP contribution in [0.5, 0.6) is 0 Å². The van der Waals surface area contributed by atoms with E-state index < -0.39 is 12.0 Å². The highest BCUT2D eigenvalue weighted by atomic mass is 19.1. The Bertz CT molecular complexity index is 828. The zero-order valence-electron chi connectivity index (χ0n) is 14.6. The number of aromatic nitrogens is 1. The van der Waals surface area contributed by atoms with Crippen molar-refractivity contribution in [1.82, 2.24) is 20.2 Å². The van der Waals surface area contributed by atoms with E-state index in [0.717, 1.165) is 6.20 Å². The third-order valence-electron chi connectivity index (χ3n) is 4.93. The summed E-state index contributed by atoms with van der Waals surface area (Å²) in [6, 6.07) is 0.573. The van der Waals surface area contributed by atoms with E-state index >= 15 is 0 Å². The van der Waals surface area contributed by atoms with Gasteiger partial charge in [-0.25, -0.2) is 18.6 Å². The second kappa shape index (κ2) is 7.07. The number of hydrogen-bond donors (Lipinski definition) is 1. The number of carbonyl (C=O) groups is 1. The molecule has 0 spiro atoms. The molecule has 2 amide bonds. The highest BCUT2D eigenvalue weighted by Crippen LogP contribution is 2.32. The molecule has 0 radical (unpaired) electrons. The van der Waals surface area contributed by atoms with Gasteiger partial charge in [0.2, 0.25) is 0 Å². The molecule has 27 heavy (non-hydrogen) atoms. The Kier molecular flexibility index (Phi) is 4.61. The van der Waals surface area contributed by atoms with Crippen molar-refractivity contribution < 1.29 is 18.3 Å². The van der Waals surface area contributed by atoms with Gasteiger partial charge >= 0.3 is 6.03 Å². The summed E-state index contributed by atoms with van der Waals surface area (Å²) in [5.74, 6) is -0.811. The van der Waals surface area contributed by atoms with Crippen molar-refractivity contribution in [3.8, 4) is 0 Å². The van der Waals surface area contributed by atoms with Crippen LogP contribution in [0.25, 0.3) is 0 Å². The van der Waals surface area contributed by atoms with Crippen LogP contribution in [0.4, 0.5) is 13.6 Å². The maximum atomic E-state index is 13.5. The molecular weight excluding hydrogens is 356 g/mol. The fourth-order valence-electron chi connectivity index (χ4n) is 3.32. The number of carbonyl (C=O) groups excluding carboxylic acids is 1. The van der Waals surface area contributed by atoms with Crippen molar-refractivity contribution in [3.05, 3.63) is 54.0 Å². The maximum absolute atomic E-state index is 13.5. The normalized spacial score (nSPS) is 29.4. The van der Waals surface area contributed by atoms with E-state index in [1.807, 2.05) is 6.92 Å². The lowest BCUT2D eigenvalue weighted by molar-refractivity contribution is -0.106. The van der Waals surface area contributed by atoms with Crippen LogP contribution >= 0.6 is 0 Å². The number of likely N-dealkylation sites (tertiary alicyclic amines) is 1. The molecule has 4 rings (SSSR count). The van der Waals surface area contributed by atoms with Crippen LogP contribution in [0.3, 0.4) is 0 Å². The summed E-state index contributed by atoms with van der Waals surface area (Å²) in [7, 11) is 0. The number of dihydropyridines is 1. The monoisotopic (exact) mass is 375 g/mol.